The van der Waals surface area contributed by atoms with Crippen LogP contribution in [0.2, 0.25) is 0 Å². The van der Waals surface area contributed by atoms with E-state index in [0.29, 0.717) is 12.1 Å². The van der Waals surface area contributed by atoms with E-state index >= 15 is 0 Å². The lowest BCUT2D eigenvalue weighted by molar-refractivity contribution is 0.0937. The molecule has 0 unspecified atom stereocenters. The average molecular weight is 340 g/mol. The minimum Gasteiger partial charge on any atom is -0.508 e. The number of phenolic OH excluding ortho intramolecular Hbond substituents is 1. The number of hydrogen-bond donors (Lipinski definition) is 3. The summed E-state index contributed by atoms with van der Waals surface area (Å²) in [6.45, 7) is 1.38. The van der Waals surface area contributed by atoms with Gasteiger partial charge in [-0.05, 0) is 60.4 Å². The third kappa shape index (κ3) is 3.74. The number of rotatable bonds is 1. The number of ether oxygens (including phenoxy) is 1. The molecule has 2 heterocycles. The Hall–Kier alpha value is -3.02. The molecular weight excluding hydrogens is 320 g/mol. The highest BCUT2D eigenvalue weighted by molar-refractivity contribution is 5.97. The molecular formula is C19H20N2O4. The maximum Gasteiger partial charge on any atom is 0.251 e. The first kappa shape index (κ1) is 16.8. The molecule has 2 aliphatic rings. The number of hydrogen-bond acceptors (Lipinski definition) is 4. The molecule has 4 rings (SSSR count). The van der Waals surface area contributed by atoms with Crippen molar-refractivity contribution < 1.29 is 19.4 Å². The summed E-state index contributed by atoms with van der Waals surface area (Å²) in [6.07, 6.45) is 1.69. The molecule has 0 radical (unpaired) electrons. The molecule has 6 heteroatoms. The van der Waals surface area contributed by atoms with E-state index in [9.17, 15) is 9.59 Å². The zero-order valence-corrected chi connectivity index (χ0v) is 14.0. The summed E-state index contributed by atoms with van der Waals surface area (Å²) in [4.78, 5) is 22.5. The summed E-state index contributed by atoms with van der Waals surface area (Å²) >= 11 is 0. The van der Waals surface area contributed by atoms with Crippen molar-refractivity contribution in [1.29, 1.82) is 0 Å². The van der Waals surface area contributed by atoms with Gasteiger partial charge in [0.25, 0.3) is 11.8 Å². The van der Waals surface area contributed by atoms with Crippen LogP contribution in [0.1, 0.15) is 31.8 Å². The molecule has 0 fully saturated rings. The Labute approximate surface area is 145 Å². The topological polar surface area (TPSA) is 87.7 Å². The van der Waals surface area contributed by atoms with E-state index in [1.807, 2.05) is 18.2 Å². The van der Waals surface area contributed by atoms with E-state index < -0.39 is 0 Å². The third-order valence-electron chi connectivity index (χ3n) is 4.25. The van der Waals surface area contributed by atoms with Gasteiger partial charge in [0, 0.05) is 24.2 Å². The van der Waals surface area contributed by atoms with Crippen LogP contribution >= 0.6 is 0 Å². The van der Waals surface area contributed by atoms with Gasteiger partial charge in [0.1, 0.15) is 11.5 Å². The van der Waals surface area contributed by atoms with Crippen LogP contribution in [-0.4, -0.2) is 37.1 Å². The Bertz CT molecular complexity index is 817. The lowest BCUT2D eigenvalue weighted by Crippen LogP contribution is -2.31. The number of benzene rings is 2. The van der Waals surface area contributed by atoms with Crippen molar-refractivity contribution in [1.82, 2.24) is 10.6 Å². The molecule has 0 saturated carbocycles. The lowest BCUT2D eigenvalue weighted by atomic mass is 10.0. The fourth-order valence-corrected chi connectivity index (χ4v) is 2.95. The van der Waals surface area contributed by atoms with Gasteiger partial charge in [-0.15, -0.1) is 0 Å². The van der Waals surface area contributed by atoms with Crippen molar-refractivity contribution in [2.75, 3.05) is 20.2 Å². The fraction of sp³-hybridized carbons (Fsp3) is 0.263. The third-order valence-corrected chi connectivity index (χ3v) is 4.25. The Morgan fingerprint density at radius 3 is 2.04 bits per heavy atom. The second-order valence-corrected chi connectivity index (χ2v) is 5.88. The summed E-state index contributed by atoms with van der Waals surface area (Å²) in [5.74, 6) is 1.01. The molecule has 2 aliphatic heterocycles. The van der Waals surface area contributed by atoms with E-state index in [4.69, 9.17) is 9.84 Å². The number of fused-ring (bicyclic) bond motifs is 2. The predicted molar refractivity (Wildman–Crippen MR) is 93.2 cm³/mol. The number of amides is 2. The zero-order valence-electron chi connectivity index (χ0n) is 14.0. The molecule has 2 aromatic rings. The zero-order chi connectivity index (χ0) is 17.8. The van der Waals surface area contributed by atoms with Gasteiger partial charge in [-0.1, -0.05) is 0 Å². The van der Waals surface area contributed by atoms with Gasteiger partial charge in [0.05, 0.1) is 7.11 Å². The normalized spacial score (nSPS) is 14.9. The number of carbonyl (C=O) groups excluding carboxylic acids is 2. The first-order valence-corrected chi connectivity index (χ1v) is 8.13. The molecule has 2 amide bonds. The van der Waals surface area contributed by atoms with Crippen LogP contribution in [0.4, 0.5) is 0 Å². The van der Waals surface area contributed by atoms with E-state index in [0.717, 1.165) is 41.8 Å². The van der Waals surface area contributed by atoms with Crippen molar-refractivity contribution >= 4 is 11.8 Å². The molecule has 130 valence electrons. The van der Waals surface area contributed by atoms with Crippen molar-refractivity contribution in [2.45, 2.75) is 12.8 Å². The van der Waals surface area contributed by atoms with Gasteiger partial charge in [-0.2, -0.15) is 0 Å². The molecule has 25 heavy (non-hydrogen) atoms. The fourth-order valence-electron chi connectivity index (χ4n) is 2.95. The summed E-state index contributed by atoms with van der Waals surface area (Å²) < 4.78 is 5.08. The van der Waals surface area contributed by atoms with Crippen LogP contribution in [0, 0.1) is 0 Å². The van der Waals surface area contributed by atoms with E-state index in [1.165, 1.54) is 6.07 Å². The summed E-state index contributed by atoms with van der Waals surface area (Å²) in [7, 11) is 1.63. The van der Waals surface area contributed by atoms with Crippen LogP contribution in [0.15, 0.2) is 36.4 Å². The number of aromatic hydroxyl groups is 1. The van der Waals surface area contributed by atoms with E-state index in [-0.39, 0.29) is 17.6 Å². The van der Waals surface area contributed by atoms with Gasteiger partial charge >= 0.3 is 0 Å². The number of carbonyl (C=O) groups is 2. The lowest BCUT2D eigenvalue weighted by Gasteiger charge is -2.16. The predicted octanol–water partition coefficient (Wildman–Crippen LogP) is 1.66. The number of methoxy groups -OCH3 is 1. The second kappa shape index (κ2) is 7.25. The first-order chi connectivity index (χ1) is 12.1. The van der Waals surface area contributed by atoms with Crippen molar-refractivity contribution in [3.63, 3.8) is 0 Å². The highest BCUT2D eigenvalue weighted by Crippen LogP contribution is 2.20. The molecule has 6 nitrogen and oxygen atoms in total. The molecule has 0 bridgehead atoms. The second-order valence-electron chi connectivity index (χ2n) is 5.88. The minimum absolute atomic E-state index is 0.0175. The highest BCUT2D eigenvalue weighted by atomic mass is 16.5. The SMILES string of the molecule is COc1ccc2c(c1)CCNC2=O.O=C1NCCc2cc(O)ccc21. The molecule has 0 aromatic heterocycles. The summed E-state index contributed by atoms with van der Waals surface area (Å²) in [5.41, 5.74) is 3.45. The molecule has 3 N–H and O–H groups in total. The maximum atomic E-state index is 11.3. The Morgan fingerprint density at radius 2 is 1.44 bits per heavy atom. The van der Waals surface area contributed by atoms with Crippen molar-refractivity contribution in [3.05, 3.63) is 58.7 Å². The molecule has 0 aliphatic carbocycles. The van der Waals surface area contributed by atoms with Gasteiger partial charge in [-0.25, -0.2) is 0 Å². The van der Waals surface area contributed by atoms with Crippen LogP contribution in [0.3, 0.4) is 0 Å². The van der Waals surface area contributed by atoms with Gasteiger partial charge in [0.2, 0.25) is 0 Å². The smallest absolute Gasteiger partial charge is 0.251 e. The highest BCUT2D eigenvalue weighted by Gasteiger charge is 2.16. The maximum absolute atomic E-state index is 11.3. The number of phenols is 1. The Kier molecular flexibility index (Phi) is 4.88. The van der Waals surface area contributed by atoms with E-state index in [2.05, 4.69) is 10.6 Å². The minimum atomic E-state index is -0.0451. The largest absolute Gasteiger partial charge is 0.508 e. The first-order valence-electron chi connectivity index (χ1n) is 8.13. The number of nitrogens with one attached hydrogen (secondary N) is 2. The molecule has 2 aromatic carbocycles. The Morgan fingerprint density at radius 1 is 0.880 bits per heavy atom. The van der Waals surface area contributed by atoms with E-state index in [1.54, 1.807) is 19.2 Å². The van der Waals surface area contributed by atoms with Crippen LogP contribution < -0.4 is 15.4 Å². The van der Waals surface area contributed by atoms with Crippen molar-refractivity contribution in [2.24, 2.45) is 0 Å². The van der Waals surface area contributed by atoms with Crippen LogP contribution in [0.25, 0.3) is 0 Å². The Balaban J connectivity index is 0.000000146. The summed E-state index contributed by atoms with van der Waals surface area (Å²) in [6, 6.07) is 10.4. The molecule has 0 saturated heterocycles. The monoisotopic (exact) mass is 340 g/mol. The van der Waals surface area contributed by atoms with Crippen LogP contribution in [0.5, 0.6) is 11.5 Å². The average Bonchev–Trinajstić information content (AvgIpc) is 2.62. The van der Waals surface area contributed by atoms with Gasteiger partial charge in [0.15, 0.2) is 0 Å². The summed E-state index contributed by atoms with van der Waals surface area (Å²) in [5, 5.41) is 14.7. The van der Waals surface area contributed by atoms with Gasteiger partial charge in [-0.3, -0.25) is 9.59 Å². The van der Waals surface area contributed by atoms with Gasteiger partial charge < -0.3 is 20.5 Å². The molecule has 0 atom stereocenters. The quantitative estimate of drug-likeness (QED) is 0.737. The van der Waals surface area contributed by atoms with Crippen LogP contribution in [-0.2, 0) is 12.8 Å². The standard InChI is InChI=1S/C10H11NO2.C9H9NO2/c1-13-8-2-3-9-7(6-8)4-5-11-10(9)12;11-7-1-2-8-6(5-7)3-4-10-9(8)12/h2-3,6H,4-5H2,1H3,(H,11,12);1-2,5,11H,3-4H2,(H,10,12). The van der Waals surface area contributed by atoms with Crippen molar-refractivity contribution in [3.8, 4) is 11.5 Å². The molecule has 0 spiro atoms.